The number of phenols is 2. The van der Waals surface area contributed by atoms with Gasteiger partial charge in [0.1, 0.15) is 11.5 Å². The Hall–Kier alpha value is -5.80. The van der Waals surface area contributed by atoms with Gasteiger partial charge in [-0.3, -0.25) is 0 Å². The second-order valence-corrected chi connectivity index (χ2v) is 15.6. The van der Waals surface area contributed by atoms with Gasteiger partial charge < -0.3 is 25.1 Å². The van der Waals surface area contributed by atoms with Gasteiger partial charge in [0.05, 0.1) is 0 Å². The molecule has 0 amide bonds. The third-order valence-corrected chi connectivity index (χ3v) is 11.5. The van der Waals surface area contributed by atoms with Crippen molar-refractivity contribution in [2.45, 2.75) is 54.4 Å². The molecule has 0 saturated heterocycles. The first kappa shape index (κ1) is 50.8. The van der Waals surface area contributed by atoms with Gasteiger partial charge in [0.2, 0.25) is 0 Å². The van der Waals surface area contributed by atoms with Crippen LogP contribution in [-0.4, -0.2) is 17.1 Å². The van der Waals surface area contributed by atoms with E-state index < -0.39 is 0 Å². The molecule has 0 saturated carbocycles. The molecule has 2 nitrogen and oxygen atoms in total. The number of hydrogen-bond acceptors (Lipinski definition) is 2. The zero-order chi connectivity index (χ0) is 44.2. The number of para-hydroxylation sites is 2. The first-order chi connectivity index (χ1) is 30.2. The zero-order valence-electron chi connectivity index (χ0n) is 38.6. The molecule has 0 heterocycles. The molecular formula is C60H60O2SiZr-4. The van der Waals surface area contributed by atoms with Crippen molar-refractivity contribution in [3.8, 4) is 33.8 Å². The topological polar surface area (TPSA) is 40.5 Å². The predicted molar refractivity (Wildman–Crippen MR) is 277 cm³/mol. The van der Waals surface area contributed by atoms with Crippen LogP contribution >= 0.6 is 0 Å². The summed E-state index contributed by atoms with van der Waals surface area (Å²) in [6.07, 6.45) is 2.17. The Morgan fingerprint density at radius 2 is 0.672 bits per heavy atom. The number of phenolic OH excluding ortho intramolecular Hbond substituents is 2. The van der Waals surface area contributed by atoms with Crippen molar-refractivity contribution in [3.63, 3.8) is 0 Å². The Balaban J connectivity index is 0.000000196. The van der Waals surface area contributed by atoms with Crippen LogP contribution in [-0.2, 0) is 36.2 Å². The van der Waals surface area contributed by atoms with Crippen molar-refractivity contribution in [1.29, 1.82) is 0 Å². The van der Waals surface area contributed by atoms with Crippen LogP contribution in [0.25, 0.3) is 65.3 Å². The minimum atomic E-state index is 0. The van der Waals surface area contributed by atoms with Crippen LogP contribution in [0.5, 0.6) is 11.5 Å². The molecule has 4 heteroatoms. The van der Waals surface area contributed by atoms with Gasteiger partial charge >= 0.3 is 30.2 Å². The van der Waals surface area contributed by atoms with Gasteiger partial charge in [-0.25, -0.2) is 0 Å². The molecule has 0 spiro atoms. The average Bonchev–Trinajstić information content (AvgIpc) is 3.96. The van der Waals surface area contributed by atoms with Gasteiger partial charge in [-0.15, -0.1) is 69.1 Å². The van der Waals surface area contributed by atoms with E-state index in [0.717, 1.165) is 35.1 Å². The van der Waals surface area contributed by atoms with E-state index in [1.165, 1.54) is 99.8 Å². The molecule has 2 N–H and O–H groups in total. The van der Waals surface area contributed by atoms with E-state index in [4.69, 9.17) is 0 Å². The molecule has 0 bridgehead atoms. The molecule has 10 aromatic carbocycles. The van der Waals surface area contributed by atoms with Crippen molar-refractivity contribution in [1.82, 2.24) is 0 Å². The van der Waals surface area contributed by atoms with E-state index in [1.807, 2.05) is 64.1 Å². The number of rotatable bonds is 4. The van der Waals surface area contributed by atoms with Gasteiger partial charge in [0.15, 0.2) is 0 Å². The van der Waals surface area contributed by atoms with Gasteiger partial charge in [0.25, 0.3) is 0 Å². The average molecular weight is 932 g/mol. The normalized spacial score (nSPS) is 10.1. The number of benzene rings is 8. The summed E-state index contributed by atoms with van der Waals surface area (Å²) in [5, 5.41) is 29.1. The maximum absolute atomic E-state index is 9.21. The fourth-order valence-electron chi connectivity index (χ4n) is 8.00. The molecule has 2 radical (unpaired) electrons. The predicted octanol–water partition coefficient (Wildman–Crippen LogP) is 16.4. The zero-order valence-corrected chi connectivity index (χ0v) is 42.1. The van der Waals surface area contributed by atoms with Crippen LogP contribution in [0.4, 0.5) is 0 Å². The van der Waals surface area contributed by atoms with E-state index in [-0.39, 0.29) is 14.9 Å². The van der Waals surface area contributed by atoms with Gasteiger partial charge in [-0.05, 0) is 95.5 Å². The van der Waals surface area contributed by atoms with Crippen molar-refractivity contribution in [3.05, 3.63) is 230 Å². The summed E-state index contributed by atoms with van der Waals surface area (Å²) in [6.45, 7) is 15.1. The van der Waals surface area contributed by atoms with E-state index >= 15 is 0 Å². The van der Waals surface area contributed by atoms with E-state index in [2.05, 4.69) is 166 Å². The number of hydrogen-bond donors (Lipinski definition) is 2. The monoisotopic (exact) mass is 930 g/mol. The van der Waals surface area contributed by atoms with Crippen molar-refractivity contribution < 1.29 is 33.5 Å². The van der Waals surface area contributed by atoms with Crippen LogP contribution in [0.1, 0.15) is 47.2 Å². The SMILES string of the molecule is CCc1cc2c(-c3cccc4ccccc34)cccc2[cH-]1.CCc1cc2c(-c3cccc4ccccc34)cccc2[cH-]1.Cc1cccc(C)c1O.Cc1cccc(C)c1O.[CH3-].[CH3-].[Si]=[Zr]. The van der Waals surface area contributed by atoms with Gasteiger partial charge in [0, 0.05) is 0 Å². The molecule has 0 aromatic heterocycles. The van der Waals surface area contributed by atoms with Crippen LogP contribution in [0.2, 0.25) is 0 Å². The van der Waals surface area contributed by atoms with E-state index in [1.54, 1.807) is 0 Å². The fraction of sp³-hybridized carbons (Fsp3) is 0.133. The molecule has 0 fully saturated rings. The Bertz CT molecular complexity index is 2800. The Morgan fingerprint density at radius 3 is 1.00 bits per heavy atom. The molecule has 64 heavy (non-hydrogen) atoms. The second-order valence-electron chi connectivity index (χ2n) is 15.6. The Labute approximate surface area is 399 Å². The third kappa shape index (κ3) is 11.9. The summed E-state index contributed by atoms with van der Waals surface area (Å²) < 4.78 is 0. The quantitative estimate of drug-likeness (QED) is 0.136. The Kier molecular flexibility index (Phi) is 19.3. The number of fused-ring (bicyclic) bond motifs is 4. The first-order valence-electron chi connectivity index (χ1n) is 21.2. The summed E-state index contributed by atoms with van der Waals surface area (Å²) in [7, 11) is 0. The molecular weight excluding hydrogens is 872 g/mol. The Morgan fingerprint density at radius 1 is 0.391 bits per heavy atom. The van der Waals surface area contributed by atoms with Crippen molar-refractivity contribution >= 4 is 50.0 Å². The fourth-order valence-corrected chi connectivity index (χ4v) is 8.00. The summed E-state index contributed by atoms with van der Waals surface area (Å²) in [6, 6.07) is 64.3. The van der Waals surface area contributed by atoms with E-state index in [9.17, 15) is 10.2 Å². The van der Waals surface area contributed by atoms with E-state index in [0.29, 0.717) is 11.5 Å². The number of aryl methyl sites for hydroxylation is 6. The molecule has 10 aromatic rings. The molecule has 0 aliphatic heterocycles. The van der Waals surface area contributed by atoms with Crippen LogP contribution in [0, 0.1) is 42.5 Å². The van der Waals surface area contributed by atoms with Gasteiger partial charge in [-0.2, -0.15) is 12.1 Å². The van der Waals surface area contributed by atoms with Crippen LogP contribution in [0.3, 0.4) is 0 Å². The van der Waals surface area contributed by atoms with Crippen molar-refractivity contribution in [2.75, 3.05) is 0 Å². The third-order valence-electron chi connectivity index (χ3n) is 11.5. The summed E-state index contributed by atoms with van der Waals surface area (Å²) >= 11 is 1.36. The maximum atomic E-state index is 9.21. The van der Waals surface area contributed by atoms with Crippen LogP contribution in [0.15, 0.2) is 182 Å². The second kappa shape index (κ2) is 24.3. The molecule has 324 valence electrons. The molecule has 0 unspecified atom stereocenters. The van der Waals surface area contributed by atoms with Crippen molar-refractivity contribution in [2.24, 2.45) is 0 Å². The number of aromatic hydroxyl groups is 2. The summed E-state index contributed by atoms with van der Waals surface area (Å²) in [5.74, 6) is 0.829. The molecule has 0 atom stereocenters. The minimum absolute atomic E-state index is 0. The molecule has 0 aliphatic carbocycles. The first-order valence-corrected chi connectivity index (χ1v) is 25.4. The standard InChI is InChI=1S/2C21H17.2C8H10O.2CH3.Si.Zr/c2*1-2-15-13-17-9-6-12-20(21(17)14-15)19-11-5-8-16-7-3-4-10-18(16)19;2*1-6-4-3-5-7(2)8(6)9;;;;/h2*3-14H,2H2,1H3;2*3-5,9H,1-2H3;2*1H3;;/q2*-1;;;2*-1;;. The molecule has 10 rings (SSSR count). The summed E-state index contributed by atoms with van der Waals surface area (Å²) in [5.41, 5.74) is 11.9. The molecule has 0 aliphatic rings. The van der Waals surface area contributed by atoms with Crippen LogP contribution < -0.4 is 0 Å². The van der Waals surface area contributed by atoms with Gasteiger partial charge in [-0.1, -0.05) is 158 Å². The summed E-state index contributed by atoms with van der Waals surface area (Å²) in [4.78, 5) is 0.